The number of hydrogen-bond acceptors (Lipinski definition) is 6. The molecule has 0 saturated heterocycles. The third-order valence-electron chi connectivity index (χ3n) is 2.51. The Balaban J connectivity index is 2.15. The molecule has 0 aliphatic rings. The van der Waals surface area contributed by atoms with Gasteiger partial charge in [-0.15, -0.1) is 5.10 Å². The van der Waals surface area contributed by atoms with Crippen LogP contribution in [-0.4, -0.2) is 44.6 Å². The Bertz CT molecular complexity index is 664. The molecule has 2 heterocycles. The summed E-state index contributed by atoms with van der Waals surface area (Å²) in [4.78, 5) is 31.1. The number of likely N-dealkylation sites (N-methyl/N-ethyl adjacent to an activating group) is 1. The summed E-state index contributed by atoms with van der Waals surface area (Å²) in [5.41, 5.74) is 1.59. The van der Waals surface area contributed by atoms with Crippen LogP contribution in [0, 0.1) is 13.8 Å². The Labute approximate surface area is 115 Å². The van der Waals surface area contributed by atoms with E-state index >= 15 is 0 Å². The monoisotopic (exact) mass is 277 g/mol. The molecule has 0 fully saturated rings. The van der Waals surface area contributed by atoms with E-state index in [9.17, 15) is 9.59 Å². The summed E-state index contributed by atoms with van der Waals surface area (Å²) in [6.07, 6.45) is 0. The van der Waals surface area contributed by atoms with Crippen LogP contribution in [-0.2, 0) is 9.53 Å². The zero-order valence-corrected chi connectivity index (χ0v) is 11.5. The molecule has 0 bridgehead atoms. The summed E-state index contributed by atoms with van der Waals surface area (Å²) < 4.78 is 6.28. The minimum Gasteiger partial charge on any atom is -0.450 e. The highest BCUT2D eigenvalue weighted by Gasteiger charge is 2.17. The summed E-state index contributed by atoms with van der Waals surface area (Å²) in [6, 6.07) is 1.82. The van der Waals surface area contributed by atoms with Crippen molar-refractivity contribution >= 4 is 17.7 Å². The van der Waals surface area contributed by atoms with E-state index in [1.807, 2.05) is 19.9 Å². The minimum absolute atomic E-state index is 0.115. The van der Waals surface area contributed by atoms with Crippen LogP contribution < -0.4 is 5.32 Å². The number of nitrogens with one attached hydrogen (secondary N) is 1. The van der Waals surface area contributed by atoms with E-state index in [2.05, 4.69) is 20.4 Å². The van der Waals surface area contributed by atoms with Crippen LogP contribution in [0.4, 0.5) is 0 Å². The van der Waals surface area contributed by atoms with Crippen molar-refractivity contribution in [2.75, 3.05) is 13.2 Å². The molecule has 2 aromatic heterocycles. The maximum Gasteiger partial charge on any atom is 0.378 e. The lowest BCUT2D eigenvalue weighted by Crippen LogP contribution is -2.28. The number of aromatic nitrogens is 4. The largest absolute Gasteiger partial charge is 0.450 e. The topological polar surface area (TPSA) is 98.5 Å². The average molecular weight is 277 g/mol. The Morgan fingerprint density at radius 3 is 2.80 bits per heavy atom. The van der Waals surface area contributed by atoms with Crippen molar-refractivity contribution in [3.05, 3.63) is 23.3 Å². The number of nitrogens with zero attached hydrogens (tertiary/aromatic N) is 4. The normalized spacial score (nSPS) is 10.6. The van der Waals surface area contributed by atoms with Gasteiger partial charge in [0.15, 0.2) is 6.61 Å². The van der Waals surface area contributed by atoms with Crippen LogP contribution in [0.25, 0.3) is 5.78 Å². The summed E-state index contributed by atoms with van der Waals surface area (Å²) in [6.45, 7) is 5.56. The number of ether oxygens (including phenoxy) is 1. The molecule has 1 N–H and O–H groups in total. The maximum atomic E-state index is 11.8. The molecule has 0 radical (unpaired) electrons. The molecule has 0 saturated carbocycles. The van der Waals surface area contributed by atoms with E-state index in [4.69, 9.17) is 4.74 Å². The van der Waals surface area contributed by atoms with Crippen LogP contribution in [0.5, 0.6) is 0 Å². The van der Waals surface area contributed by atoms with Gasteiger partial charge in [-0.3, -0.25) is 4.79 Å². The lowest BCUT2D eigenvalue weighted by molar-refractivity contribution is -0.124. The lowest BCUT2D eigenvalue weighted by atomic mass is 10.4. The SMILES string of the molecule is CCNC(=O)COC(=O)c1nc2nc(C)cc(C)n2n1. The first kappa shape index (κ1) is 13.9. The van der Waals surface area contributed by atoms with E-state index in [1.165, 1.54) is 4.52 Å². The Morgan fingerprint density at radius 1 is 1.35 bits per heavy atom. The number of carbonyl (C=O) groups excluding carboxylic acids is 2. The average Bonchev–Trinajstić information content (AvgIpc) is 2.80. The molecule has 2 rings (SSSR count). The molecular formula is C12H15N5O3. The fourth-order valence-corrected chi connectivity index (χ4v) is 1.70. The first-order valence-electron chi connectivity index (χ1n) is 6.16. The number of hydrogen-bond donors (Lipinski definition) is 1. The van der Waals surface area contributed by atoms with E-state index in [0.717, 1.165) is 11.4 Å². The molecule has 0 aromatic carbocycles. The van der Waals surface area contributed by atoms with E-state index in [1.54, 1.807) is 6.92 Å². The first-order chi connectivity index (χ1) is 9.51. The summed E-state index contributed by atoms with van der Waals surface area (Å²) >= 11 is 0. The van der Waals surface area contributed by atoms with Gasteiger partial charge in [-0.25, -0.2) is 14.3 Å². The third-order valence-corrected chi connectivity index (χ3v) is 2.51. The van der Waals surface area contributed by atoms with Crippen molar-refractivity contribution in [3.63, 3.8) is 0 Å². The van der Waals surface area contributed by atoms with Crippen molar-refractivity contribution < 1.29 is 14.3 Å². The number of amides is 1. The lowest BCUT2D eigenvalue weighted by Gasteiger charge is -2.01. The van der Waals surface area contributed by atoms with Gasteiger partial charge in [0.2, 0.25) is 0 Å². The fourth-order valence-electron chi connectivity index (χ4n) is 1.70. The van der Waals surface area contributed by atoms with Gasteiger partial charge in [-0.1, -0.05) is 0 Å². The number of fused-ring (bicyclic) bond motifs is 1. The molecule has 0 spiro atoms. The van der Waals surface area contributed by atoms with Crippen molar-refractivity contribution in [2.24, 2.45) is 0 Å². The van der Waals surface area contributed by atoms with Crippen molar-refractivity contribution in [1.29, 1.82) is 0 Å². The molecule has 2 aromatic rings. The molecule has 106 valence electrons. The predicted octanol–water partition coefficient (Wildman–Crippen LogP) is 0.0340. The Hall–Kier alpha value is -2.51. The quantitative estimate of drug-likeness (QED) is 0.792. The minimum atomic E-state index is -0.751. The highest BCUT2D eigenvalue weighted by atomic mass is 16.5. The van der Waals surface area contributed by atoms with Gasteiger partial charge in [0, 0.05) is 17.9 Å². The second kappa shape index (κ2) is 5.64. The van der Waals surface area contributed by atoms with Crippen LogP contribution in [0.15, 0.2) is 6.07 Å². The number of carbonyl (C=O) groups is 2. The van der Waals surface area contributed by atoms with Gasteiger partial charge in [-0.2, -0.15) is 4.98 Å². The Morgan fingerprint density at radius 2 is 2.10 bits per heavy atom. The van der Waals surface area contributed by atoms with E-state index in [0.29, 0.717) is 12.3 Å². The zero-order valence-electron chi connectivity index (χ0n) is 11.5. The van der Waals surface area contributed by atoms with Crippen LogP contribution in [0.2, 0.25) is 0 Å². The maximum absolute atomic E-state index is 11.8. The first-order valence-corrected chi connectivity index (χ1v) is 6.16. The molecule has 8 heteroatoms. The van der Waals surface area contributed by atoms with Gasteiger partial charge in [0.05, 0.1) is 0 Å². The van der Waals surface area contributed by atoms with E-state index < -0.39 is 5.97 Å². The van der Waals surface area contributed by atoms with Gasteiger partial charge in [-0.05, 0) is 26.8 Å². The number of rotatable bonds is 4. The highest BCUT2D eigenvalue weighted by molar-refractivity contribution is 5.88. The fraction of sp³-hybridized carbons (Fsp3) is 0.417. The third kappa shape index (κ3) is 2.90. The van der Waals surface area contributed by atoms with Gasteiger partial charge < -0.3 is 10.1 Å². The smallest absolute Gasteiger partial charge is 0.378 e. The molecule has 0 aliphatic heterocycles. The van der Waals surface area contributed by atoms with Crippen LogP contribution in [0.3, 0.4) is 0 Å². The number of aryl methyl sites for hydroxylation is 2. The van der Waals surface area contributed by atoms with Gasteiger partial charge in [0.1, 0.15) is 0 Å². The second-order valence-electron chi connectivity index (χ2n) is 4.22. The van der Waals surface area contributed by atoms with Crippen molar-refractivity contribution in [2.45, 2.75) is 20.8 Å². The summed E-state index contributed by atoms with van der Waals surface area (Å²) in [5, 5.41) is 6.54. The van der Waals surface area contributed by atoms with Crippen molar-refractivity contribution in [3.8, 4) is 0 Å². The molecule has 0 aliphatic carbocycles. The second-order valence-corrected chi connectivity index (χ2v) is 4.22. The van der Waals surface area contributed by atoms with Gasteiger partial charge in [0.25, 0.3) is 17.5 Å². The standard InChI is InChI=1S/C12H15N5O3/c1-4-13-9(18)6-20-11(19)10-15-12-14-7(2)5-8(3)17(12)16-10/h5H,4,6H2,1-3H3,(H,13,18). The van der Waals surface area contributed by atoms with Gasteiger partial charge >= 0.3 is 5.97 Å². The summed E-state index contributed by atoms with van der Waals surface area (Å²) in [7, 11) is 0. The van der Waals surface area contributed by atoms with E-state index in [-0.39, 0.29) is 18.3 Å². The molecular weight excluding hydrogens is 262 g/mol. The molecule has 0 atom stereocenters. The predicted molar refractivity (Wildman–Crippen MR) is 69.2 cm³/mol. The molecule has 0 unspecified atom stereocenters. The Kier molecular flexibility index (Phi) is 3.92. The summed E-state index contributed by atoms with van der Waals surface area (Å²) in [5.74, 6) is -0.906. The number of esters is 1. The molecule has 1 amide bonds. The van der Waals surface area contributed by atoms with Crippen LogP contribution in [0.1, 0.15) is 28.9 Å². The molecule has 8 nitrogen and oxygen atoms in total. The van der Waals surface area contributed by atoms with Crippen LogP contribution >= 0.6 is 0 Å². The molecule has 20 heavy (non-hydrogen) atoms. The zero-order chi connectivity index (χ0) is 14.7. The highest BCUT2D eigenvalue weighted by Crippen LogP contribution is 2.06. The van der Waals surface area contributed by atoms with Crippen molar-refractivity contribution in [1.82, 2.24) is 24.9 Å².